The molecule has 0 spiro atoms. The van der Waals surface area contributed by atoms with Gasteiger partial charge in [0.15, 0.2) is 0 Å². The first-order chi connectivity index (χ1) is 14.2. The standard InChI is InChI=1S/C29H50O/c1-7-21(19(2)3)9-8-20(4)25-12-13-26-24-11-10-22-18-23(30)14-16-28(22,5)27(24)15-17-29(25,26)6/h10-11,19-27,30H,7-9,12-18H2,1-6H3/t20-,21+,22+,23-,24-,25+,26-,27-,28-,29+/m0/s1. The van der Waals surface area contributed by atoms with Crippen molar-refractivity contribution in [2.75, 3.05) is 0 Å². The number of fused-ring (bicyclic) bond motifs is 5. The minimum absolute atomic E-state index is 0.0624. The zero-order valence-electron chi connectivity index (χ0n) is 20.9. The molecule has 1 N–H and O–H groups in total. The van der Waals surface area contributed by atoms with Crippen LogP contribution < -0.4 is 0 Å². The lowest BCUT2D eigenvalue weighted by atomic mass is 9.46. The molecule has 30 heavy (non-hydrogen) atoms. The van der Waals surface area contributed by atoms with Crippen LogP contribution in [0.2, 0.25) is 0 Å². The molecule has 0 unspecified atom stereocenters. The number of hydrogen-bond donors (Lipinski definition) is 1. The lowest BCUT2D eigenvalue weighted by Gasteiger charge is -2.59. The highest BCUT2D eigenvalue weighted by Crippen LogP contribution is 2.67. The minimum atomic E-state index is -0.0624. The molecular weight excluding hydrogens is 364 g/mol. The summed E-state index contributed by atoms with van der Waals surface area (Å²) in [5.74, 6) is 6.73. The molecule has 0 heterocycles. The summed E-state index contributed by atoms with van der Waals surface area (Å²) in [4.78, 5) is 0. The van der Waals surface area contributed by atoms with Gasteiger partial charge in [0.25, 0.3) is 0 Å². The second-order valence-electron chi connectivity index (χ2n) is 12.9. The van der Waals surface area contributed by atoms with Crippen molar-refractivity contribution < 1.29 is 5.11 Å². The van der Waals surface area contributed by atoms with Crippen LogP contribution in [0.1, 0.15) is 106 Å². The molecule has 0 aromatic heterocycles. The third kappa shape index (κ3) is 3.74. The molecule has 4 aliphatic carbocycles. The Balaban J connectivity index is 1.48. The van der Waals surface area contributed by atoms with E-state index in [1.165, 1.54) is 51.4 Å². The maximum Gasteiger partial charge on any atom is 0.0546 e. The molecule has 0 saturated heterocycles. The molecule has 1 nitrogen and oxygen atoms in total. The van der Waals surface area contributed by atoms with Crippen LogP contribution in [0.15, 0.2) is 12.2 Å². The van der Waals surface area contributed by atoms with E-state index < -0.39 is 0 Å². The number of rotatable bonds is 6. The third-order valence-corrected chi connectivity index (χ3v) is 11.4. The summed E-state index contributed by atoms with van der Waals surface area (Å²) in [6.07, 6.45) is 18.4. The van der Waals surface area contributed by atoms with E-state index in [0.29, 0.717) is 16.7 Å². The molecule has 3 saturated carbocycles. The Labute approximate surface area is 187 Å². The average Bonchev–Trinajstić information content (AvgIpc) is 3.06. The molecule has 0 radical (unpaired) electrons. The summed E-state index contributed by atoms with van der Waals surface area (Å²) in [5, 5.41) is 10.3. The first-order valence-corrected chi connectivity index (χ1v) is 13.6. The van der Waals surface area contributed by atoms with E-state index in [4.69, 9.17) is 0 Å². The molecule has 3 fully saturated rings. The van der Waals surface area contributed by atoms with Gasteiger partial charge in [0.2, 0.25) is 0 Å². The number of aliphatic hydroxyl groups excluding tert-OH is 1. The van der Waals surface area contributed by atoms with E-state index in [1.807, 2.05) is 0 Å². The van der Waals surface area contributed by atoms with E-state index in [9.17, 15) is 5.11 Å². The van der Waals surface area contributed by atoms with Crippen molar-refractivity contribution in [3.8, 4) is 0 Å². The van der Waals surface area contributed by atoms with Crippen molar-refractivity contribution in [3.63, 3.8) is 0 Å². The minimum Gasteiger partial charge on any atom is -0.393 e. The maximum absolute atomic E-state index is 10.3. The van der Waals surface area contributed by atoms with Gasteiger partial charge in [0.1, 0.15) is 0 Å². The molecule has 4 rings (SSSR count). The molecular formula is C29H50O. The molecule has 172 valence electrons. The van der Waals surface area contributed by atoms with Crippen molar-refractivity contribution in [1.82, 2.24) is 0 Å². The monoisotopic (exact) mass is 414 g/mol. The second kappa shape index (κ2) is 8.57. The summed E-state index contributed by atoms with van der Waals surface area (Å²) in [6, 6.07) is 0. The Morgan fingerprint density at radius 1 is 0.900 bits per heavy atom. The van der Waals surface area contributed by atoms with Crippen LogP contribution in [0.5, 0.6) is 0 Å². The maximum atomic E-state index is 10.3. The smallest absolute Gasteiger partial charge is 0.0546 e. The van der Waals surface area contributed by atoms with Crippen molar-refractivity contribution in [2.24, 2.45) is 58.2 Å². The first kappa shape index (κ1) is 22.9. The fraction of sp³-hybridized carbons (Fsp3) is 0.931. The number of hydrogen-bond acceptors (Lipinski definition) is 1. The van der Waals surface area contributed by atoms with E-state index in [0.717, 1.165) is 54.3 Å². The van der Waals surface area contributed by atoms with Gasteiger partial charge in [0.05, 0.1) is 6.10 Å². The molecule has 10 atom stereocenters. The Morgan fingerprint density at radius 2 is 1.60 bits per heavy atom. The summed E-state index contributed by atoms with van der Waals surface area (Å²) in [7, 11) is 0. The van der Waals surface area contributed by atoms with Crippen molar-refractivity contribution >= 4 is 0 Å². The predicted octanol–water partition coefficient (Wildman–Crippen LogP) is 7.88. The topological polar surface area (TPSA) is 20.2 Å². The quantitative estimate of drug-likeness (QED) is 0.438. The summed E-state index contributed by atoms with van der Waals surface area (Å²) in [6.45, 7) is 15.1. The number of allylic oxidation sites excluding steroid dienone is 2. The zero-order chi connectivity index (χ0) is 21.7. The van der Waals surface area contributed by atoms with E-state index in [1.54, 1.807) is 0 Å². The molecule has 0 amide bonds. The van der Waals surface area contributed by atoms with Gasteiger partial charge in [-0.15, -0.1) is 0 Å². The lowest BCUT2D eigenvalue weighted by Crippen LogP contribution is -2.52. The normalized spacial score (nSPS) is 47.5. The van der Waals surface area contributed by atoms with Crippen LogP contribution in [0.25, 0.3) is 0 Å². The molecule has 0 bridgehead atoms. The summed E-state index contributed by atoms with van der Waals surface area (Å²) in [5.41, 5.74) is 0.997. The van der Waals surface area contributed by atoms with Gasteiger partial charge < -0.3 is 5.11 Å². The first-order valence-electron chi connectivity index (χ1n) is 13.6. The fourth-order valence-electron chi connectivity index (χ4n) is 9.26. The van der Waals surface area contributed by atoms with Crippen molar-refractivity contribution in [2.45, 2.75) is 112 Å². The Morgan fingerprint density at radius 3 is 2.30 bits per heavy atom. The summed E-state index contributed by atoms with van der Waals surface area (Å²) >= 11 is 0. The zero-order valence-corrected chi connectivity index (χ0v) is 20.9. The van der Waals surface area contributed by atoms with E-state index in [-0.39, 0.29) is 6.10 Å². The molecule has 4 aliphatic rings. The van der Waals surface area contributed by atoms with Crippen molar-refractivity contribution in [3.05, 3.63) is 12.2 Å². The number of aliphatic hydroxyl groups is 1. The molecule has 0 aromatic rings. The van der Waals surface area contributed by atoms with Gasteiger partial charge in [-0.25, -0.2) is 0 Å². The molecule has 1 heteroatoms. The Bertz CT molecular complexity index is 622. The van der Waals surface area contributed by atoms with Gasteiger partial charge >= 0.3 is 0 Å². The fourth-order valence-corrected chi connectivity index (χ4v) is 9.26. The van der Waals surface area contributed by atoms with Gasteiger partial charge in [-0.05, 0) is 110 Å². The highest BCUT2D eigenvalue weighted by Gasteiger charge is 2.59. The van der Waals surface area contributed by atoms with Crippen LogP contribution in [-0.2, 0) is 0 Å². The van der Waals surface area contributed by atoms with Gasteiger partial charge in [-0.1, -0.05) is 66.5 Å². The van der Waals surface area contributed by atoms with Gasteiger partial charge in [0, 0.05) is 0 Å². The SMILES string of the molecule is CC[C@H](CC[C@H](C)[C@H]1CC[C@H]2[C@@H]3C=C[C@@H]4C[C@@H](O)CC[C@]4(C)[C@H]3CC[C@]12C)C(C)C. The second-order valence-corrected chi connectivity index (χ2v) is 12.9. The summed E-state index contributed by atoms with van der Waals surface area (Å²) < 4.78 is 0. The van der Waals surface area contributed by atoms with E-state index in [2.05, 4.69) is 53.7 Å². The van der Waals surface area contributed by atoms with Crippen LogP contribution in [0.3, 0.4) is 0 Å². The highest BCUT2D eigenvalue weighted by atomic mass is 16.3. The van der Waals surface area contributed by atoms with Crippen LogP contribution in [0.4, 0.5) is 0 Å². The third-order valence-electron chi connectivity index (χ3n) is 11.4. The van der Waals surface area contributed by atoms with Gasteiger partial charge in [-0.3, -0.25) is 0 Å². The van der Waals surface area contributed by atoms with E-state index >= 15 is 0 Å². The highest BCUT2D eigenvalue weighted by molar-refractivity contribution is 5.18. The average molecular weight is 415 g/mol. The lowest BCUT2D eigenvalue weighted by molar-refractivity contribution is -0.0814. The largest absolute Gasteiger partial charge is 0.393 e. The van der Waals surface area contributed by atoms with Gasteiger partial charge in [-0.2, -0.15) is 0 Å². The van der Waals surface area contributed by atoms with Crippen LogP contribution in [0, 0.1) is 58.2 Å². The van der Waals surface area contributed by atoms with Crippen LogP contribution in [-0.4, -0.2) is 11.2 Å². The van der Waals surface area contributed by atoms with Crippen molar-refractivity contribution in [1.29, 1.82) is 0 Å². The Hall–Kier alpha value is -0.300. The molecule has 0 aliphatic heterocycles. The van der Waals surface area contributed by atoms with Crippen LogP contribution >= 0.6 is 0 Å². The Kier molecular flexibility index (Phi) is 6.53. The predicted molar refractivity (Wildman–Crippen MR) is 128 cm³/mol. The molecule has 0 aromatic carbocycles.